The Balaban J connectivity index is 2.05. The first-order valence-corrected chi connectivity index (χ1v) is 7.47. The Morgan fingerprint density at radius 1 is 1.40 bits per heavy atom. The molecule has 1 saturated carbocycles. The Labute approximate surface area is 120 Å². The van der Waals surface area contributed by atoms with Crippen LogP contribution in [0.5, 0.6) is 0 Å². The van der Waals surface area contributed by atoms with Gasteiger partial charge < -0.3 is 16.4 Å². The summed E-state index contributed by atoms with van der Waals surface area (Å²) < 4.78 is 0. The van der Waals surface area contributed by atoms with Crippen molar-refractivity contribution in [2.45, 2.75) is 51.1 Å². The first kappa shape index (κ1) is 14.8. The minimum atomic E-state index is -0.138. The Hall–Kier alpha value is -1.62. The zero-order chi connectivity index (χ0) is 14.4. The lowest BCUT2D eigenvalue weighted by atomic mass is 10.0. The van der Waals surface area contributed by atoms with Crippen molar-refractivity contribution < 1.29 is 4.79 Å². The lowest BCUT2D eigenvalue weighted by molar-refractivity contribution is 0.0951. The van der Waals surface area contributed by atoms with Gasteiger partial charge in [0.2, 0.25) is 0 Å². The Morgan fingerprint density at radius 3 is 3.00 bits per heavy atom. The van der Waals surface area contributed by atoms with E-state index >= 15 is 0 Å². The maximum atomic E-state index is 11.8. The van der Waals surface area contributed by atoms with Gasteiger partial charge in [-0.3, -0.25) is 9.78 Å². The summed E-state index contributed by atoms with van der Waals surface area (Å²) in [5.74, 6) is -0.138. The molecule has 5 nitrogen and oxygen atoms in total. The van der Waals surface area contributed by atoms with Crippen LogP contribution in [0.3, 0.4) is 0 Å². The van der Waals surface area contributed by atoms with Gasteiger partial charge in [0.05, 0.1) is 0 Å². The molecule has 1 amide bonds. The lowest BCUT2D eigenvalue weighted by Crippen LogP contribution is -2.39. The van der Waals surface area contributed by atoms with Crippen molar-refractivity contribution in [3.05, 3.63) is 24.0 Å². The number of nitrogens with one attached hydrogen (secondary N) is 2. The topological polar surface area (TPSA) is 80.0 Å². The number of amides is 1. The molecule has 110 valence electrons. The molecule has 0 saturated heterocycles. The number of carbonyl (C=O) groups is 1. The van der Waals surface area contributed by atoms with E-state index in [0.717, 1.165) is 18.5 Å². The van der Waals surface area contributed by atoms with Crippen LogP contribution in [0, 0.1) is 0 Å². The van der Waals surface area contributed by atoms with E-state index in [2.05, 4.69) is 15.6 Å². The fourth-order valence-corrected chi connectivity index (χ4v) is 2.63. The minimum absolute atomic E-state index is 0.138. The number of aromatic nitrogens is 1. The number of rotatable bonds is 4. The number of pyridine rings is 1. The second-order valence-corrected chi connectivity index (χ2v) is 5.34. The number of nitrogens with zero attached hydrogens (tertiary/aromatic N) is 1. The summed E-state index contributed by atoms with van der Waals surface area (Å²) in [6.07, 6.45) is 7.48. The summed E-state index contributed by atoms with van der Waals surface area (Å²) in [5, 5.41) is 6.22. The standard InChI is InChI=1S/C15H24N4O/c1-2-17-15(20)14-10-11(8-9-18-14)19-13-7-5-3-4-6-12(13)16/h8-10,12-13H,2-7,16H2,1H3,(H,17,20)(H,18,19). The van der Waals surface area contributed by atoms with Crippen LogP contribution in [0.2, 0.25) is 0 Å². The summed E-state index contributed by atoms with van der Waals surface area (Å²) in [6.45, 7) is 2.50. The number of carbonyl (C=O) groups excluding carboxylic acids is 1. The van der Waals surface area contributed by atoms with Crippen molar-refractivity contribution >= 4 is 11.6 Å². The highest BCUT2D eigenvalue weighted by Crippen LogP contribution is 2.20. The van der Waals surface area contributed by atoms with E-state index in [1.54, 1.807) is 12.3 Å². The average molecular weight is 276 g/mol. The SMILES string of the molecule is CCNC(=O)c1cc(NC2CCCCCC2N)ccn1. The summed E-state index contributed by atoms with van der Waals surface area (Å²) >= 11 is 0. The normalized spacial score (nSPS) is 22.9. The molecule has 0 radical (unpaired) electrons. The first-order valence-electron chi connectivity index (χ1n) is 7.47. The molecule has 1 aromatic heterocycles. The van der Waals surface area contributed by atoms with Crippen molar-refractivity contribution in [1.82, 2.24) is 10.3 Å². The van der Waals surface area contributed by atoms with Gasteiger partial charge in [0.1, 0.15) is 5.69 Å². The zero-order valence-corrected chi connectivity index (χ0v) is 12.1. The van der Waals surface area contributed by atoms with E-state index in [4.69, 9.17) is 5.73 Å². The number of hydrogen-bond donors (Lipinski definition) is 3. The summed E-state index contributed by atoms with van der Waals surface area (Å²) in [5.41, 5.74) is 7.58. The number of anilines is 1. The molecule has 0 bridgehead atoms. The third kappa shape index (κ3) is 3.93. The predicted octanol–water partition coefficient (Wildman–Crippen LogP) is 1.90. The van der Waals surface area contributed by atoms with Gasteiger partial charge in [-0.25, -0.2) is 0 Å². The Kier molecular flexibility index (Phi) is 5.35. The van der Waals surface area contributed by atoms with Crippen LogP contribution in [0.4, 0.5) is 5.69 Å². The maximum absolute atomic E-state index is 11.8. The molecule has 0 aliphatic heterocycles. The van der Waals surface area contributed by atoms with E-state index in [9.17, 15) is 4.79 Å². The van der Waals surface area contributed by atoms with Crippen LogP contribution in [0.1, 0.15) is 49.5 Å². The van der Waals surface area contributed by atoms with Crippen LogP contribution in [-0.2, 0) is 0 Å². The summed E-state index contributed by atoms with van der Waals surface area (Å²) in [7, 11) is 0. The van der Waals surface area contributed by atoms with Gasteiger partial charge in [0.25, 0.3) is 5.91 Å². The molecular weight excluding hydrogens is 252 g/mol. The quantitative estimate of drug-likeness (QED) is 0.734. The predicted molar refractivity (Wildman–Crippen MR) is 80.7 cm³/mol. The third-order valence-corrected chi connectivity index (χ3v) is 3.75. The minimum Gasteiger partial charge on any atom is -0.381 e. The van der Waals surface area contributed by atoms with Crippen molar-refractivity contribution in [2.24, 2.45) is 5.73 Å². The molecule has 1 aliphatic carbocycles. The number of hydrogen-bond acceptors (Lipinski definition) is 4. The van der Waals surface area contributed by atoms with Gasteiger partial charge in [0, 0.05) is 30.5 Å². The third-order valence-electron chi connectivity index (χ3n) is 3.75. The van der Waals surface area contributed by atoms with E-state index in [0.29, 0.717) is 12.2 Å². The molecule has 5 heteroatoms. The largest absolute Gasteiger partial charge is 0.381 e. The van der Waals surface area contributed by atoms with Crippen LogP contribution in [-0.4, -0.2) is 29.5 Å². The smallest absolute Gasteiger partial charge is 0.269 e. The van der Waals surface area contributed by atoms with Crippen LogP contribution < -0.4 is 16.4 Å². The highest BCUT2D eigenvalue weighted by molar-refractivity contribution is 5.93. The van der Waals surface area contributed by atoms with Gasteiger partial charge >= 0.3 is 0 Å². The number of nitrogens with two attached hydrogens (primary N) is 1. The molecule has 1 aliphatic rings. The van der Waals surface area contributed by atoms with Gasteiger partial charge in [-0.05, 0) is 31.9 Å². The van der Waals surface area contributed by atoms with E-state index in [-0.39, 0.29) is 18.0 Å². The van der Waals surface area contributed by atoms with E-state index in [1.165, 1.54) is 19.3 Å². The van der Waals surface area contributed by atoms with Crippen LogP contribution >= 0.6 is 0 Å². The lowest BCUT2D eigenvalue weighted by Gasteiger charge is -2.24. The van der Waals surface area contributed by atoms with Gasteiger partial charge in [-0.1, -0.05) is 19.3 Å². The van der Waals surface area contributed by atoms with Crippen molar-refractivity contribution in [3.8, 4) is 0 Å². The van der Waals surface area contributed by atoms with Gasteiger partial charge in [0.15, 0.2) is 0 Å². The monoisotopic (exact) mass is 276 g/mol. The highest BCUT2D eigenvalue weighted by Gasteiger charge is 2.20. The molecule has 4 N–H and O–H groups in total. The Morgan fingerprint density at radius 2 is 2.20 bits per heavy atom. The van der Waals surface area contributed by atoms with E-state index in [1.807, 2.05) is 13.0 Å². The second-order valence-electron chi connectivity index (χ2n) is 5.34. The zero-order valence-electron chi connectivity index (χ0n) is 12.1. The molecule has 20 heavy (non-hydrogen) atoms. The molecule has 0 aromatic carbocycles. The molecule has 1 heterocycles. The summed E-state index contributed by atoms with van der Waals surface area (Å²) in [4.78, 5) is 15.9. The van der Waals surface area contributed by atoms with Gasteiger partial charge in [-0.2, -0.15) is 0 Å². The van der Waals surface area contributed by atoms with Gasteiger partial charge in [-0.15, -0.1) is 0 Å². The highest BCUT2D eigenvalue weighted by atomic mass is 16.1. The molecule has 1 aromatic rings. The maximum Gasteiger partial charge on any atom is 0.269 e. The molecule has 2 rings (SSSR count). The van der Waals surface area contributed by atoms with Crippen LogP contribution in [0.15, 0.2) is 18.3 Å². The fourth-order valence-electron chi connectivity index (χ4n) is 2.63. The average Bonchev–Trinajstić information content (AvgIpc) is 2.65. The molecule has 2 unspecified atom stereocenters. The van der Waals surface area contributed by atoms with Crippen molar-refractivity contribution in [3.63, 3.8) is 0 Å². The summed E-state index contributed by atoms with van der Waals surface area (Å²) in [6, 6.07) is 4.14. The molecular formula is C15H24N4O. The second kappa shape index (κ2) is 7.24. The Bertz CT molecular complexity index is 449. The molecule has 1 fully saturated rings. The van der Waals surface area contributed by atoms with E-state index < -0.39 is 0 Å². The van der Waals surface area contributed by atoms with Crippen molar-refractivity contribution in [1.29, 1.82) is 0 Å². The van der Waals surface area contributed by atoms with Crippen molar-refractivity contribution in [2.75, 3.05) is 11.9 Å². The molecule has 0 spiro atoms. The van der Waals surface area contributed by atoms with Crippen LogP contribution in [0.25, 0.3) is 0 Å². The molecule has 2 atom stereocenters. The first-order chi connectivity index (χ1) is 9.70. The fraction of sp³-hybridized carbons (Fsp3) is 0.600.